The van der Waals surface area contributed by atoms with Gasteiger partial charge in [0.25, 0.3) is 0 Å². The molecule has 0 saturated heterocycles. The fourth-order valence-corrected chi connectivity index (χ4v) is 0.626. The van der Waals surface area contributed by atoms with E-state index >= 15 is 0 Å². The van der Waals surface area contributed by atoms with Gasteiger partial charge in [0.1, 0.15) is 5.17 Å². The molecule has 15 heavy (non-hydrogen) atoms. The molecule has 0 amide bonds. The average molecular weight is 227 g/mol. The maximum atomic E-state index is 10.3. The molecule has 1 aromatic carbocycles. The van der Waals surface area contributed by atoms with Gasteiger partial charge in [0.2, 0.25) is 0 Å². The van der Waals surface area contributed by atoms with Crippen molar-refractivity contribution in [1.82, 2.24) is 0 Å². The number of rotatable bonds is 1. The summed E-state index contributed by atoms with van der Waals surface area (Å²) in [5.41, 5.74) is 11.1. The summed E-state index contributed by atoms with van der Waals surface area (Å²) < 4.78 is 0. The minimum atomic E-state index is -0.931. The molecule has 1 rings (SSSR count). The van der Waals surface area contributed by atoms with Gasteiger partial charge in [-0.1, -0.05) is 0 Å². The van der Waals surface area contributed by atoms with Gasteiger partial charge in [-0.3, -0.25) is 4.99 Å². The molecule has 0 fully saturated rings. The third-order valence-electron chi connectivity index (χ3n) is 1.39. The van der Waals surface area contributed by atoms with Crippen LogP contribution in [-0.2, 0) is 0 Å². The number of amidine groups is 1. The highest BCUT2D eigenvalue weighted by molar-refractivity contribution is 7.96. The molecule has 82 valence electrons. The number of nitrogens with zero attached hydrogens (tertiary/aromatic N) is 1. The second-order valence-electron chi connectivity index (χ2n) is 2.51. The summed E-state index contributed by atoms with van der Waals surface area (Å²) >= 11 is 3.63. The minimum absolute atomic E-state index is 0.259. The highest BCUT2D eigenvalue weighted by Gasteiger charge is 1.98. The zero-order valence-corrected chi connectivity index (χ0v) is 9.11. The molecule has 0 spiro atoms. The lowest BCUT2D eigenvalue weighted by Gasteiger charge is -1.93. The van der Waals surface area contributed by atoms with E-state index in [9.17, 15) is 4.79 Å². The Morgan fingerprint density at radius 3 is 2.07 bits per heavy atom. The van der Waals surface area contributed by atoms with E-state index in [0.29, 0.717) is 10.9 Å². The number of anilines is 1. The fourth-order valence-electron chi connectivity index (χ4n) is 0.626. The van der Waals surface area contributed by atoms with Crippen LogP contribution in [0.2, 0.25) is 0 Å². The summed E-state index contributed by atoms with van der Waals surface area (Å²) in [4.78, 5) is 13.7. The summed E-state index contributed by atoms with van der Waals surface area (Å²) in [5, 5.41) is 8.76. The Labute approximate surface area is 93.2 Å². The minimum Gasteiger partial charge on any atom is -0.478 e. The van der Waals surface area contributed by atoms with Gasteiger partial charge in [-0.05, 0) is 24.3 Å². The Morgan fingerprint density at radius 1 is 1.40 bits per heavy atom. The Bertz CT molecular complexity index is 345. The summed E-state index contributed by atoms with van der Waals surface area (Å²) in [6.45, 7) is 0. The number of carboxylic acid groups (broad SMARTS) is 1. The highest BCUT2D eigenvalue weighted by Crippen LogP contribution is 2.04. The molecule has 0 atom stereocenters. The number of benzene rings is 1. The van der Waals surface area contributed by atoms with Gasteiger partial charge in [0.15, 0.2) is 0 Å². The molecule has 0 radical (unpaired) electrons. The summed E-state index contributed by atoms with van der Waals surface area (Å²) in [7, 11) is 1.59. The molecule has 1 aromatic rings. The van der Waals surface area contributed by atoms with Crippen LogP contribution in [0.15, 0.2) is 29.3 Å². The number of hydrogen-bond donors (Lipinski definition) is 4. The number of carboxylic acids is 1. The maximum absolute atomic E-state index is 10.3. The number of nitrogens with two attached hydrogens (primary N) is 2. The van der Waals surface area contributed by atoms with Crippen molar-refractivity contribution in [2.75, 3.05) is 12.8 Å². The highest BCUT2D eigenvalue weighted by atomic mass is 32.1. The van der Waals surface area contributed by atoms with Crippen LogP contribution in [0.1, 0.15) is 10.4 Å². The Morgan fingerprint density at radius 2 is 1.80 bits per heavy atom. The topological polar surface area (TPSA) is 102 Å². The molecule has 0 aliphatic rings. The van der Waals surface area contributed by atoms with Crippen LogP contribution in [0.5, 0.6) is 0 Å². The van der Waals surface area contributed by atoms with Crippen LogP contribution >= 0.6 is 12.6 Å². The SMILES string of the molecule is CN=C(N)S.Nc1ccc(C(=O)O)cc1. The first-order valence-corrected chi connectivity index (χ1v) is 4.42. The monoisotopic (exact) mass is 227 g/mol. The van der Waals surface area contributed by atoms with Gasteiger partial charge in [0.05, 0.1) is 5.56 Å². The van der Waals surface area contributed by atoms with E-state index in [2.05, 4.69) is 17.6 Å². The number of aliphatic imine (C=N–C) groups is 1. The van der Waals surface area contributed by atoms with Gasteiger partial charge < -0.3 is 16.6 Å². The predicted molar refractivity (Wildman–Crippen MR) is 64.3 cm³/mol. The van der Waals surface area contributed by atoms with Gasteiger partial charge >= 0.3 is 5.97 Å². The van der Waals surface area contributed by atoms with E-state index in [4.69, 9.17) is 16.6 Å². The molecule has 0 saturated carbocycles. The molecule has 0 unspecified atom stereocenters. The normalized spacial score (nSPS) is 10.1. The quantitative estimate of drug-likeness (QED) is 0.247. The van der Waals surface area contributed by atoms with E-state index in [-0.39, 0.29) is 5.56 Å². The van der Waals surface area contributed by atoms with Crippen LogP contribution in [0.3, 0.4) is 0 Å². The van der Waals surface area contributed by atoms with Crippen molar-refractivity contribution in [1.29, 1.82) is 0 Å². The Kier molecular flexibility index (Phi) is 5.96. The Balaban J connectivity index is 0.000000336. The van der Waals surface area contributed by atoms with Gasteiger partial charge in [-0.15, -0.1) is 12.6 Å². The molecule has 0 aliphatic heterocycles. The van der Waals surface area contributed by atoms with Gasteiger partial charge in [-0.2, -0.15) is 0 Å². The van der Waals surface area contributed by atoms with Crippen LogP contribution in [0.4, 0.5) is 5.69 Å². The van der Waals surface area contributed by atoms with Crippen molar-refractivity contribution in [3.63, 3.8) is 0 Å². The van der Waals surface area contributed by atoms with E-state index in [1.54, 1.807) is 19.2 Å². The molecule has 5 N–H and O–H groups in total. The largest absolute Gasteiger partial charge is 0.478 e. The van der Waals surface area contributed by atoms with Crippen LogP contribution in [0.25, 0.3) is 0 Å². The van der Waals surface area contributed by atoms with Gasteiger partial charge in [-0.25, -0.2) is 4.79 Å². The van der Waals surface area contributed by atoms with Crippen LogP contribution in [-0.4, -0.2) is 23.3 Å². The van der Waals surface area contributed by atoms with E-state index in [0.717, 1.165) is 0 Å². The lowest BCUT2D eigenvalue weighted by molar-refractivity contribution is 0.0697. The number of hydrogen-bond acceptors (Lipinski definition) is 3. The Hall–Kier alpha value is -1.69. The standard InChI is InChI=1S/C7H7NO2.C2H6N2S/c8-6-3-1-5(2-4-6)7(9)10;1-4-2(3)5/h1-4H,8H2,(H,9,10);1H3,(H3,3,4,5). The second-order valence-corrected chi connectivity index (χ2v) is 2.97. The van der Waals surface area contributed by atoms with Crippen molar-refractivity contribution < 1.29 is 9.90 Å². The molecule has 5 nitrogen and oxygen atoms in total. The molecule has 0 aliphatic carbocycles. The molecular weight excluding hydrogens is 214 g/mol. The van der Waals surface area contributed by atoms with Crippen molar-refractivity contribution in [2.24, 2.45) is 10.7 Å². The molecule has 0 bridgehead atoms. The lowest BCUT2D eigenvalue weighted by Crippen LogP contribution is -1.99. The smallest absolute Gasteiger partial charge is 0.335 e. The number of nitrogen functional groups attached to an aromatic ring is 1. The zero-order valence-electron chi connectivity index (χ0n) is 8.21. The fraction of sp³-hybridized carbons (Fsp3) is 0.111. The lowest BCUT2D eigenvalue weighted by atomic mass is 10.2. The third-order valence-corrected chi connectivity index (χ3v) is 1.59. The van der Waals surface area contributed by atoms with Crippen LogP contribution in [0, 0.1) is 0 Å². The maximum Gasteiger partial charge on any atom is 0.335 e. The van der Waals surface area contributed by atoms with E-state index in [1.807, 2.05) is 0 Å². The van der Waals surface area contributed by atoms with Gasteiger partial charge in [0, 0.05) is 12.7 Å². The number of thiol groups is 1. The second kappa shape index (κ2) is 6.72. The molecule has 6 heteroatoms. The van der Waals surface area contributed by atoms with Crippen molar-refractivity contribution in [3.8, 4) is 0 Å². The first-order valence-electron chi connectivity index (χ1n) is 3.97. The number of aromatic carboxylic acids is 1. The average Bonchev–Trinajstić information content (AvgIpc) is 2.19. The first-order chi connectivity index (χ1) is 6.97. The van der Waals surface area contributed by atoms with Crippen molar-refractivity contribution >= 4 is 29.5 Å². The van der Waals surface area contributed by atoms with E-state index < -0.39 is 5.97 Å². The predicted octanol–water partition coefficient (Wildman–Crippen LogP) is 0.828. The summed E-state index contributed by atoms with van der Waals surface area (Å²) in [5.74, 6) is -0.931. The van der Waals surface area contributed by atoms with E-state index in [1.165, 1.54) is 12.1 Å². The third kappa shape index (κ3) is 6.39. The zero-order chi connectivity index (χ0) is 11.8. The molecule has 0 aromatic heterocycles. The molecular formula is C9H13N3O2S. The summed E-state index contributed by atoms with van der Waals surface area (Å²) in [6.07, 6.45) is 0. The van der Waals surface area contributed by atoms with Crippen LogP contribution < -0.4 is 11.5 Å². The van der Waals surface area contributed by atoms with Crippen molar-refractivity contribution in [3.05, 3.63) is 29.8 Å². The molecule has 0 heterocycles. The summed E-state index contributed by atoms with van der Waals surface area (Å²) in [6, 6.07) is 6.06. The first kappa shape index (κ1) is 13.3. The number of carbonyl (C=O) groups is 1. The van der Waals surface area contributed by atoms with Crippen molar-refractivity contribution in [2.45, 2.75) is 0 Å².